The molecule has 3 N–H and O–H groups in total. The molecule has 4 aromatic carbocycles. The van der Waals surface area contributed by atoms with E-state index in [1.54, 1.807) is 54.6 Å². The van der Waals surface area contributed by atoms with E-state index < -0.39 is 28.7 Å². The first-order valence-electron chi connectivity index (χ1n) is 13.0. The predicted molar refractivity (Wildman–Crippen MR) is 168 cm³/mol. The summed E-state index contributed by atoms with van der Waals surface area (Å²) in [4.78, 5) is 39.9. The van der Waals surface area contributed by atoms with E-state index in [1.807, 2.05) is 6.92 Å². The standard InChI is InChI=1S/C32H25Cl2F2N3O3S/c1-2-29(32(42)38-21-14-15-27(36)25(34)17-21)43-22-11-6-10-20(16-22)37-31(41)28(18-23-24(33)12-7-13-26(23)35)39-30(40)19-8-4-3-5-9-19/h3-18,29H,2H2,1H3,(H,37,41)(H,38,42)(H,39,40)/b28-18+. The molecule has 0 saturated heterocycles. The van der Waals surface area contributed by atoms with E-state index in [-0.39, 0.29) is 27.2 Å². The number of carbonyl (C=O) groups is 3. The number of hydrogen-bond acceptors (Lipinski definition) is 4. The van der Waals surface area contributed by atoms with Crippen LogP contribution < -0.4 is 16.0 Å². The molecule has 43 heavy (non-hydrogen) atoms. The largest absolute Gasteiger partial charge is 0.325 e. The summed E-state index contributed by atoms with van der Waals surface area (Å²) >= 11 is 13.3. The lowest BCUT2D eigenvalue weighted by Crippen LogP contribution is -2.30. The van der Waals surface area contributed by atoms with Crippen LogP contribution in [0.25, 0.3) is 6.08 Å². The van der Waals surface area contributed by atoms with Crippen molar-refractivity contribution in [2.45, 2.75) is 23.5 Å². The van der Waals surface area contributed by atoms with Crippen molar-refractivity contribution in [3.63, 3.8) is 0 Å². The molecule has 0 aromatic heterocycles. The van der Waals surface area contributed by atoms with Gasteiger partial charge in [0.05, 0.1) is 15.3 Å². The molecule has 4 aromatic rings. The summed E-state index contributed by atoms with van der Waals surface area (Å²) in [5.74, 6) is -2.85. The first-order valence-corrected chi connectivity index (χ1v) is 14.6. The van der Waals surface area contributed by atoms with Crippen LogP contribution in [0.2, 0.25) is 10.0 Å². The number of nitrogens with one attached hydrogen (secondary N) is 3. The van der Waals surface area contributed by atoms with Gasteiger partial charge in [-0.05, 0) is 73.2 Å². The van der Waals surface area contributed by atoms with Crippen LogP contribution in [-0.2, 0) is 9.59 Å². The molecule has 0 aliphatic heterocycles. The summed E-state index contributed by atoms with van der Waals surface area (Å²) in [5, 5.41) is 7.45. The van der Waals surface area contributed by atoms with E-state index in [9.17, 15) is 23.2 Å². The molecular weight excluding hydrogens is 615 g/mol. The third-order valence-corrected chi connectivity index (χ3v) is 8.02. The zero-order valence-corrected chi connectivity index (χ0v) is 25.0. The SMILES string of the molecule is CCC(Sc1cccc(NC(=O)/C(=C\c2c(F)cccc2Cl)NC(=O)c2ccccc2)c1)C(=O)Nc1ccc(F)c(Cl)c1. The number of benzene rings is 4. The van der Waals surface area contributed by atoms with Gasteiger partial charge >= 0.3 is 0 Å². The molecule has 4 rings (SSSR count). The maximum absolute atomic E-state index is 14.6. The molecule has 1 atom stereocenters. The van der Waals surface area contributed by atoms with E-state index in [4.69, 9.17) is 23.2 Å². The normalized spacial score (nSPS) is 11.9. The molecule has 0 saturated carbocycles. The quantitative estimate of drug-likeness (QED) is 0.121. The van der Waals surface area contributed by atoms with Gasteiger partial charge in [-0.25, -0.2) is 8.78 Å². The average molecular weight is 641 g/mol. The van der Waals surface area contributed by atoms with Crippen LogP contribution in [-0.4, -0.2) is 23.0 Å². The lowest BCUT2D eigenvalue weighted by molar-refractivity contribution is -0.116. The predicted octanol–water partition coefficient (Wildman–Crippen LogP) is 8.19. The van der Waals surface area contributed by atoms with Crippen molar-refractivity contribution >= 4 is 70.1 Å². The minimum Gasteiger partial charge on any atom is -0.325 e. The number of rotatable bonds is 10. The Morgan fingerprint density at radius 2 is 1.53 bits per heavy atom. The molecule has 0 aliphatic rings. The minimum absolute atomic E-state index is 0.0597. The van der Waals surface area contributed by atoms with Gasteiger partial charge in [-0.2, -0.15) is 0 Å². The number of carbonyl (C=O) groups excluding carboxylic acids is 3. The topological polar surface area (TPSA) is 87.3 Å². The maximum Gasteiger partial charge on any atom is 0.272 e. The van der Waals surface area contributed by atoms with E-state index in [0.717, 1.165) is 0 Å². The number of anilines is 2. The molecule has 6 nitrogen and oxygen atoms in total. The molecule has 1 unspecified atom stereocenters. The molecular formula is C32H25Cl2F2N3O3S. The number of amides is 3. The molecule has 220 valence electrons. The van der Waals surface area contributed by atoms with Crippen molar-refractivity contribution in [3.05, 3.63) is 129 Å². The van der Waals surface area contributed by atoms with Crippen molar-refractivity contribution in [2.75, 3.05) is 10.6 Å². The highest BCUT2D eigenvalue weighted by Gasteiger charge is 2.20. The molecule has 3 amide bonds. The van der Waals surface area contributed by atoms with E-state index in [2.05, 4.69) is 16.0 Å². The average Bonchev–Trinajstić information content (AvgIpc) is 2.99. The second kappa shape index (κ2) is 14.8. The van der Waals surface area contributed by atoms with Crippen molar-refractivity contribution in [1.82, 2.24) is 5.32 Å². The van der Waals surface area contributed by atoms with Crippen LogP contribution in [0.15, 0.2) is 102 Å². The van der Waals surface area contributed by atoms with Crippen molar-refractivity contribution in [1.29, 1.82) is 0 Å². The highest BCUT2D eigenvalue weighted by molar-refractivity contribution is 8.00. The van der Waals surface area contributed by atoms with Crippen LogP contribution in [0.5, 0.6) is 0 Å². The Labute approximate surface area is 261 Å². The number of halogens is 4. The Balaban J connectivity index is 1.53. The fourth-order valence-corrected chi connectivity index (χ4v) is 5.28. The smallest absolute Gasteiger partial charge is 0.272 e. The van der Waals surface area contributed by atoms with Crippen LogP contribution in [0.4, 0.5) is 20.2 Å². The van der Waals surface area contributed by atoms with Crippen LogP contribution in [0, 0.1) is 11.6 Å². The summed E-state index contributed by atoms with van der Waals surface area (Å²) in [6.07, 6.45) is 1.65. The summed E-state index contributed by atoms with van der Waals surface area (Å²) in [7, 11) is 0. The zero-order chi connectivity index (χ0) is 30.9. The van der Waals surface area contributed by atoms with Crippen molar-refractivity contribution < 1.29 is 23.2 Å². The van der Waals surface area contributed by atoms with Crippen LogP contribution >= 0.6 is 35.0 Å². The fourth-order valence-electron chi connectivity index (χ4n) is 3.86. The number of hydrogen-bond donors (Lipinski definition) is 3. The molecule has 0 radical (unpaired) electrons. The molecule has 0 heterocycles. The lowest BCUT2D eigenvalue weighted by Gasteiger charge is -2.16. The van der Waals surface area contributed by atoms with Gasteiger partial charge < -0.3 is 16.0 Å². The summed E-state index contributed by atoms with van der Waals surface area (Å²) in [5.41, 5.74) is 0.735. The highest BCUT2D eigenvalue weighted by Crippen LogP contribution is 2.29. The number of thioether (sulfide) groups is 1. The summed E-state index contributed by atoms with van der Waals surface area (Å²) in [6, 6.07) is 23.0. The van der Waals surface area contributed by atoms with Crippen molar-refractivity contribution in [3.8, 4) is 0 Å². The summed E-state index contributed by atoms with van der Waals surface area (Å²) < 4.78 is 28.1. The molecule has 11 heteroatoms. The zero-order valence-electron chi connectivity index (χ0n) is 22.7. The Morgan fingerprint density at radius 1 is 0.814 bits per heavy atom. The van der Waals surface area contributed by atoms with Crippen molar-refractivity contribution in [2.24, 2.45) is 0 Å². The first kappa shape index (κ1) is 31.7. The van der Waals surface area contributed by atoms with E-state index in [0.29, 0.717) is 28.3 Å². The van der Waals surface area contributed by atoms with Gasteiger partial charge in [0.1, 0.15) is 17.3 Å². The van der Waals surface area contributed by atoms with Crippen LogP contribution in [0.1, 0.15) is 29.3 Å². The van der Waals surface area contributed by atoms with Gasteiger partial charge in [-0.3, -0.25) is 14.4 Å². The molecule has 0 aliphatic carbocycles. The first-order chi connectivity index (χ1) is 20.6. The van der Waals surface area contributed by atoms with Gasteiger partial charge in [0.25, 0.3) is 11.8 Å². The monoisotopic (exact) mass is 639 g/mol. The molecule has 0 fully saturated rings. The van der Waals surface area contributed by atoms with Gasteiger partial charge in [0.2, 0.25) is 5.91 Å². The fraction of sp³-hybridized carbons (Fsp3) is 0.0938. The van der Waals surface area contributed by atoms with Gasteiger partial charge in [-0.15, -0.1) is 11.8 Å². The second-order valence-corrected chi connectivity index (χ2v) is 11.2. The molecule has 0 spiro atoms. The highest BCUT2D eigenvalue weighted by atomic mass is 35.5. The lowest BCUT2D eigenvalue weighted by atomic mass is 10.1. The van der Waals surface area contributed by atoms with Crippen LogP contribution in [0.3, 0.4) is 0 Å². The van der Waals surface area contributed by atoms with E-state index >= 15 is 0 Å². The second-order valence-electron chi connectivity index (χ2n) is 9.13. The van der Waals surface area contributed by atoms with Gasteiger partial charge in [-0.1, -0.05) is 60.5 Å². The van der Waals surface area contributed by atoms with Gasteiger partial charge in [0.15, 0.2) is 0 Å². The Morgan fingerprint density at radius 3 is 2.23 bits per heavy atom. The maximum atomic E-state index is 14.6. The minimum atomic E-state index is -0.719. The Bertz CT molecular complexity index is 1670. The Hall–Kier alpha value is -4.18. The summed E-state index contributed by atoms with van der Waals surface area (Å²) in [6.45, 7) is 1.85. The van der Waals surface area contributed by atoms with E-state index in [1.165, 1.54) is 54.2 Å². The Kier molecular flexibility index (Phi) is 10.9. The van der Waals surface area contributed by atoms with Gasteiger partial charge in [0, 0.05) is 27.4 Å². The third kappa shape index (κ3) is 8.67. The third-order valence-electron chi connectivity index (χ3n) is 6.04. The molecule has 0 bridgehead atoms.